The summed E-state index contributed by atoms with van der Waals surface area (Å²) in [6.45, 7) is 14.3. The van der Waals surface area contributed by atoms with Gasteiger partial charge in [-0.2, -0.15) is 0 Å². The van der Waals surface area contributed by atoms with Gasteiger partial charge in [0.1, 0.15) is 0 Å². The van der Waals surface area contributed by atoms with Crippen molar-refractivity contribution < 1.29 is 4.43 Å². The molecule has 0 radical (unpaired) electrons. The first kappa shape index (κ1) is 16.0. The maximum atomic E-state index is 6.21. The Hall–Kier alpha value is -0.0431. The topological polar surface area (TPSA) is 48.1 Å². The van der Waals surface area contributed by atoms with Crippen molar-refractivity contribution in [3.05, 3.63) is 6.20 Å². The van der Waals surface area contributed by atoms with Crippen LogP contribution in [0.2, 0.25) is 18.1 Å². The first-order chi connectivity index (χ1) is 8.12. The van der Waals surface area contributed by atoms with Crippen LogP contribution in [0.15, 0.2) is 10.4 Å². The number of thioether (sulfide) groups is 1. The van der Waals surface area contributed by atoms with Crippen molar-refractivity contribution in [1.82, 2.24) is 4.98 Å². The molecule has 18 heavy (non-hydrogen) atoms. The van der Waals surface area contributed by atoms with Gasteiger partial charge in [0.25, 0.3) is 0 Å². The molecular formula is C12H24N2OS2Si. The van der Waals surface area contributed by atoms with Crippen molar-refractivity contribution in [2.24, 2.45) is 0 Å². The van der Waals surface area contributed by atoms with Gasteiger partial charge in [0.15, 0.2) is 13.4 Å². The molecule has 0 aromatic carbocycles. The molecule has 0 aliphatic carbocycles. The number of nitrogen functional groups attached to an aromatic ring is 1. The first-order valence-electron chi connectivity index (χ1n) is 6.14. The summed E-state index contributed by atoms with van der Waals surface area (Å²) in [7, 11) is -1.63. The minimum absolute atomic E-state index is 0.270. The fourth-order valence-corrected chi connectivity index (χ4v) is 4.33. The Kier molecular flexibility index (Phi) is 5.29. The summed E-state index contributed by atoms with van der Waals surface area (Å²) in [5, 5.41) is 1.33. The Labute approximate surface area is 120 Å². The van der Waals surface area contributed by atoms with E-state index in [0.717, 1.165) is 6.61 Å². The van der Waals surface area contributed by atoms with Crippen LogP contribution in [0.3, 0.4) is 0 Å². The average molecular weight is 305 g/mol. The van der Waals surface area contributed by atoms with E-state index in [2.05, 4.69) is 45.8 Å². The summed E-state index contributed by atoms with van der Waals surface area (Å²) >= 11 is 3.33. The van der Waals surface area contributed by atoms with E-state index in [0.29, 0.717) is 10.4 Å². The predicted molar refractivity (Wildman–Crippen MR) is 85.0 cm³/mol. The highest BCUT2D eigenvalue weighted by molar-refractivity contribution is 8.01. The second kappa shape index (κ2) is 5.94. The number of hydrogen-bond donors (Lipinski definition) is 1. The summed E-state index contributed by atoms with van der Waals surface area (Å²) in [5.74, 6) is 0. The van der Waals surface area contributed by atoms with Crippen molar-refractivity contribution in [3.63, 3.8) is 0 Å². The summed E-state index contributed by atoms with van der Waals surface area (Å²) in [5.41, 5.74) is 5.62. The summed E-state index contributed by atoms with van der Waals surface area (Å²) < 4.78 is 7.37. The lowest BCUT2D eigenvalue weighted by atomic mass is 10.2. The largest absolute Gasteiger partial charge is 0.416 e. The van der Waals surface area contributed by atoms with Gasteiger partial charge in [-0.25, -0.2) is 4.98 Å². The molecule has 1 aromatic heterocycles. The maximum Gasteiger partial charge on any atom is 0.192 e. The molecule has 104 valence electrons. The molecule has 0 aliphatic heterocycles. The third kappa shape index (κ3) is 4.57. The lowest BCUT2D eigenvalue weighted by molar-refractivity contribution is 0.292. The molecule has 2 N–H and O–H groups in total. The number of nitrogens with zero attached hydrogens (tertiary/aromatic N) is 1. The van der Waals surface area contributed by atoms with Gasteiger partial charge in [-0.05, 0) is 18.1 Å². The van der Waals surface area contributed by atoms with Crippen molar-refractivity contribution in [1.29, 1.82) is 0 Å². The molecule has 1 unspecified atom stereocenters. The highest BCUT2D eigenvalue weighted by Gasteiger charge is 2.37. The van der Waals surface area contributed by atoms with Crippen LogP contribution in [0, 0.1) is 0 Å². The van der Waals surface area contributed by atoms with Crippen LogP contribution in [0.25, 0.3) is 0 Å². The Morgan fingerprint density at radius 2 is 2.11 bits per heavy atom. The van der Waals surface area contributed by atoms with Crippen LogP contribution < -0.4 is 5.73 Å². The molecule has 0 bridgehead atoms. The van der Waals surface area contributed by atoms with Crippen LogP contribution in [-0.4, -0.2) is 25.2 Å². The Morgan fingerprint density at radius 3 is 2.56 bits per heavy atom. The first-order valence-corrected chi connectivity index (χ1v) is 10.7. The minimum atomic E-state index is -1.63. The molecule has 6 heteroatoms. The second-order valence-corrected chi connectivity index (χ2v) is 13.6. The molecule has 0 saturated heterocycles. The highest BCUT2D eigenvalue weighted by atomic mass is 32.2. The van der Waals surface area contributed by atoms with E-state index in [1.807, 2.05) is 6.20 Å². The maximum absolute atomic E-state index is 6.21. The van der Waals surface area contributed by atoms with Crippen LogP contribution in [-0.2, 0) is 4.43 Å². The SMILES string of the molecule is CC(CO[Si](C)(C)C(C)(C)C)Sc1cnc(N)s1. The van der Waals surface area contributed by atoms with Crippen molar-refractivity contribution in [3.8, 4) is 0 Å². The summed E-state index contributed by atoms with van der Waals surface area (Å²) in [6.07, 6.45) is 1.84. The number of rotatable bonds is 5. The quantitative estimate of drug-likeness (QED) is 0.653. The van der Waals surface area contributed by atoms with Gasteiger partial charge in [0.2, 0.25) is 0 Å². The fraction of sp³-hybridized carbons (Fsp3) is 0.750. The molecule has 0 fully saturated rings. The van der Waals surface area contributed by atoms with Crippen LogP contribution in [0.4, 0.5) is 5.13 Å². The molecule has 1 heterocycles. The third-order valence-electron chi connectivity index (χ3n) is 3.30. The van der Waals surface area contributed by atoms with Crippen LogP contribution in [0.5, 0.6) is 0 Å². The zero-order chi connectivity index (χ0) is 14.0. The number of hydrogen-bond acceptors (Lipinski definition) is 5. The lowest BCUT2D eigenvalue weighted by Gasteiger charge is -2.36. The second-order valence-electron chi connectivity index (χ2n) is 6.02. The van der Waals surface area contributed by atoms with E-state index in [-0.39, 0.29) is 5.04 Å². The van der Waals surface area contributed by atoms with Gasteiger partial charge in [0, 0.05) is 11.9 Å². The van der Waals surface area contributed by atoms with Gasteiger partial charge in [0.05, 0.1) is 10.4 Å². The lowest BCUT2D eigenvalue weighted by Crippen LogP contribution is -2.42. The summed E-state index contributed by atoms with van der Waals surface area (Å²) in [4.78, 5) is 4.06. The Morgan fingerprint density at radius 1 is 1.50 bits per heavy atom. The fourth-order valence-electron chi connectivity index (χ4n) is 1.10. The Balaban J connectivity index is 2.44. The van der Waals surface area contributed by atoms with E-state index in [9.17, 15) is 0 Å². The van der Waals surface area contributed by atoms with Gasteiger partial charge >= 0.3 is 0 Å². The molecule has 1 atom stereocenters. The molecule has 1 rings (SSSR count). The van der Waals surface area contributed by atoms with Gasteiger partial charge in [-0.1, -0.05) is 39.0 Å². The molecule has 3 nitrogen and oxygen atoms in total. The molecular weight excluding hydrogens is 280 g/mol. The monoisotopic (exact) mass is 304 g/mol. The van der Waals surface area contributed by atoms with Gasteiger partial charge < -0.3 is 10.2 Å². The van der Waals surface area contributed by atoms with E-state index < -0.39 is 8.32 Å². The normalized spacial score (nSPS) is 14.8. The van der Waals surface area contributed by atoms with Crippen molar-refractivity contribution in [2.45, 2.75) is 55.3 Å². The van der Waals surface area contributed by atoms with E-state index in [1.54, 1.807) is 23.1 Å². The van der Waals surface area contributed by atoms with Crippen molar-refractivity contribution >= 4 is 36.5 Å². The number of anilines is 1. The van der Waals surface area contributed by atoms with Crippen molar-refractivity contribution in [2.75, 3.05) is 12.3 Å². The molecule has 1 aromatic rings. The third-order valence-corrected chi connectivity index (χ3v) is 9.84. The van der Waals surface area contributed by atoms with Gasteiger partial charge in [-0.15, -0.1) is 11.8 Å². The number of thiazole rings is 1. The average Bonchev–Trinajstić information content (AvgIpc) is 2.59. The number of aromatic nitrogens is 1. The van der Waals surface area contributed by atoms with Gasteiger partial charge in [-0.3, -0.25) is 0 Å². The highest BCUT2D eigenvalue weighted by Crippen LogP contribution is 2.37. The van der Waals surface area contributed by atoms with Crippen LogP contribution in [0.1, 0.15) is 27.7 Å². The predicted octanol–water partition coefficient (Wildman–Crippen LogP) is 4.23. The molecule has 0 amide bonds. The minimum Gasteiger partial charge on any atom is -0.416 e. The smallest absolute Gasteiger partial charge is 0.192 e. The Bertz CT molecular complexity index is 388. The molecule has 0 aliphatic rings. The van der Waals surface area contributed by atoms with E-state index in [1.165, 1.54) is 4.21 Å². The zero-order valence-corrected chi connectivity index (χ0v) is 14.7. The zero-order valence-electron chi connectivity index (χ0n) is 12.1. The van der Waals surface area contributed by atoms with Crippen LogP contribution >= 0.6 is 23.1 Å². The molecule has 0 spiro atoms. The summed E-state index contributed by atoms with van der Waals surface area (Å²) in [6, 6.07) is 0. The van der Waals surface area contributed by atoms with E-state index in [4.69, 9.17) is 10.2 Å². The molecule has 0 saturated carbocycles. The number of nitrogens with two attached hydrogens (primary N) is 1. The van der Waals surface area contributed by atoms with E-state index >= 15 is 0 Å². The standard InChI is InChI=1S/C12H24N2OS2Si/c1-9(16-10-7-14-11(13)17-10)8-15-18(5,6)12(2,3)4/h7,9H,8H2,1-6H3,(H2,13,14).